The first-order valence-corrected chi connectivity index (χ1v) is 6.88. The Morgan fingerprint density at radius 3 is 2.69 bits per heavy atom. The fraction of sp³-hybridized carbons (Fsp3) is 0.444. The lowest BCUT2D eigenvalue weighted by Gasteiger charge is -2.38. The summed E-state index contributed by atoms with van der Waals surface area (Å²) in [5.41, 5.74) is 0. The molecule has 1 saturated heterocycles. The predicted molar refractivity (Wildman–Crippen MR) is 61.2 cm³/mol. The van der Waals surface area contributed by atoms with Crippen molar-refractivity contribution in [3.63, 3.8) is 0 Å². The van der Waals surface area contributed by atoms with Crippen molar-refractivity contribution in [2.75, 3.05) is 24.2 Å². The summed E-state index contributed by atoms with van der Waals surface area (Å²) in [5, 5.41) is 0.577. The van der Waals surface area contributed by atoms with E-state index in [1.54, 1.807) is 18.3 Å². The van der Waals surface area contributed by atoms with Crippen LogP contribution in [0.1, 0.15) is 0 Å². The summed E-state index contributed by atoms with van der Waals surface area (Å²) >= 11 is 5.71. The molecule has 1 aliphatic rings. The summed E-state index contributed by atoms with van der Waals surface area (Å²) in [4.78, 5) is 6.04. The normalized spacial score (nSPS) is 17.2. The van der Waals surface area contributed by atoms with E-state index in [9.17, 15) is 8.42 Å². The number of hydrogen-bond donors (Lipinski definition) is 0. The standard InChI is InChI=1S/C9H11ClN2O3S/c1-16(13,14)15-8-5-12(6-8)9-3-2-7(10)4-11-9/h2-4,8H,5-6H2,1H3. The average molecular weight is 263 g/mol. The van der Waals surface area contributed by atoms with Crippen molar-refractivity contribution < 1.29 is 12.6 Å². The Bertz CT molecular complexity index is 468. The zero-order valence-corrected chi connectivity index (χ0v) is 10.2. The molecule has 88 valence electrons. The second kappa shape index (κ2) is 4.20. The summed E-state index contributed by atoms with van der Waals surface area (Å²) in [5.74, 6) is 0.776. The molecule has 0 N–H and O–H groups in total. The van der Waals surface area contributed by atoms with Gasteiger partial charge in [-0.2, -0.15) is 8.42 Å². The molecular weight excluding hydrogens is 252 g/mol. The number of pyridine rings is 1. The van der Waals surface area contributed by atoms with Gasteiger partial charge in [-0.15, -0.1) is 0 Å². The predicted octanol–water partition coefficient (Wildman–Crippen LogP) is 0.900. The van der Waals surface area contributed by atoms with Crippen molar-refractivity contribution in [3.8, 4) is 0 Å². The van der Waals surface area contributed by atoms with Gasteiger partial charge in [0, 0.05) is 19.3 Å². The van der Waals surface area contributed by atoms with Crippen LogP contribution >= 0.6 is 11.6 Å². The molecule has 0 saturated carbocycles. The van der Waals surface area contributed by atoms with E-state index < -0.39 is 10.1 Å². The highest BCUT2D eigenvalue weighted by Gasteiger charge is 2.31. The van der Waals surface area contributed by atoms with E-state index in [2.05, 4.69) is 4.98 Å². The number of anilines is 1. The van der Waals surface area contributed by atoms with Crippen LogP contribution in [0.3, 0.4) is 0 Å². The summed E-state index contributed by atoms with van der Waals surface area (Å²) in [6.45, 7) is 1.06. The minimum atomic E-state index is -3.36. The third kappa shape index (κ3) is 2.84. The van der Waals surface area contributed by atoms with Crippen LogP contribution in [0.25, 0.3) is 0 Å². The molecule has 0 spiro atoms. The first-order valence-electron chi connectivity index (χ1n) is 4.69. The molecule has 2 rings (SSSR count). The molecule has 0 unspecified atom stereocenters. The van der Waals surface area contributed by atoms with Gasteiger partial charge in [-0.25, -0.2) is 4.98 Å². The number of hydrogen-bond acceptors (Lipinski definition) is 5. The smallest absolute Gasteiger partial charge is 0.264 e. The molecule has 0 bridgehead atoms. The summed E-state index contributed by atoms with van der Waals surface area (Å²) in [6.07, 6.45) is 2.34. The fourth-order valence-electron chi connectivity index (χ4n) is 1.49. The molecule has 2 heterocycles. The zero-order chi connectivity index (χ0) is 11.8. The van der Waals surface area contributed by atoms with Crippen LogP contribution in [0.4, 0.5) is 5.82 Å². The first kappa shape index (κ1) is 11.6. The molecule has 16 heavy (non-hydrogen) atoms. The van der Waals surface area contributed by atoms with Gasteiger partial charge in [0.1, 0.15) is 11.9 Å². The van der Waals surface area contributed by atoms with Gasteiger partial charge in [0.2, 0.25) is 0 Å². The van der Waals surface area contributed by atoms with E-state index in [-0.39, 0.29) is 6.10 Å². The second-order valence-electron chi connectivity index (χ2n) is 3.66. The van der Waals surface area contributed by atoms with Gasteiger partial charge >= 0.3 is 0 Å². The highest BCUT2D eigenvalue weighted by atomic mass is 35.5. The Morgan fingerprint density at radius 1 is 1.50 bits per heavy atom. The van der Waals surface area contributed by atoms with Crippen LogP contribution in [0, 0.1) is 0 Å². The lowest BCUT2D eigenvalue weighted by molar-refractivity contribution is 0.176. The van der Waals surface area contributed by atoms with E-state index in [0.717, 1.165) is 12.1 Å². The van der Waals surface area contributed by atoms with Gasteiger partial charge in [0.25, 0.3) is 10.1 Å². The topological polar surface area (TPSA) is 59.5 Å². The molecule has 1 aromatic heterocycles. The minimum absolute atomic E-state index is 0.271. The van der Waals surface area contributed by atoms with Crippen LogP contribution in [-0.2, 0) is 14.3 Å². The SMILES string of the molecule is CS(=O)(=O)OC1CN(c2ccc(Cl)cn2)C1. The molecule has 5 nitrogen and oxygen atoms in total. The maximum atomic E-state index is 10.8. The number of halogens is 1. The van der Waals surface area contributed by atoms with E-state index in [1.165, 1.54) is 0 Å². The average Bonchev–Trinajstić information content (AvgIpc) is 2.11. The Morgan fingerprint density at radius 2 is 2.19 bits per heavy atom. The molecule has 1 fully saturated rings. The van der Waals surface area contributed by atoms with Crippen molar-refractivity contribution in [1.82, 2.24) is 4.98 Å². The third-order valence-electron chi connectivity index (χ3n) is 2.19. The quantitative estimate of drug-likeness (QED) is 0.758. The van der Waals surface area contributed by atoms with Gasteiger partial charge in [-0.3, -0.25) is 4.18 Å². The monoisotopic (exact) mass is 262 g/mol. The van der Waals surface area contributed by atoms with Gasteiger partial charge in [-0.05, 0) is 12.1 Å². The zero-order valence-electron chi connectivity index (χ0n) is 8.63. The highest BCUT2D eigenvalue weighted by molar-refractivity contribution is 7.86. The molecule has 0 atom stereocenters. The Labute approximate surface area is 99.1 Å². The van der Waals surface area contributed by atoms with Crippen LogP contribution in [0.2, 0.25) is 5.02 Å². The number of nitrogens with zero attached hydrogens (tertiary/aromatic N) is 2. The molecule has 0 radical (unpaired) electrons. The van der Waals surface area contributed by atoms with Gasteiger partial charge in [-0.1, -0.05) is 11.6 Å². The summed E-state index contributed by atoms with van der Waals surface area (Å²) in [6, 6.07) is 3.54. The van der Waals surface area contributed by atoms with Gasteiger partial charge in [0.05, 0.1) is 11.3 Å². The van der Waals surface area contributed by atoms with Crippen molar-refractivity contribution in [3.05, 3.63) is 23.4 Å². The van der Waals surface area contributed by atoms with Crippen LogP contribution in [0.5, 0.6) is 0 Å². The molecule has 7 heteroatoms. The van der Waals surface area contributed by atoms with E-state index in [1.807, 2.05) is 4.90 Å². The van der Waals surface area contributed by atoms with Crippen molar-refractivity contribution >= 4 is 27.5 Å². The van der Waals surface area contributed by atoms with E-state index in [4.69, 9.17) is 15.8 Å². The van der Waals surface area contributed by atoms with Crippen molar-refractivity contribution in [2.45, 2.75) is 6.10 Å². The number of rotatable bonds is 3. The largest absolute Gasteiger partial charge is 0.351 e. The molecule has 1 aromatic rings. The van der Waals surface area contributed by atoms with Crippen molar-refractivity contribution in [2.24, 2.45) is 0 Å². The summed E-state index contributed by atoms with van der Waals surface area (Å²) in [7, 11) is -3.36. The fourth-order valence-corrected chi connectivity index (χ4v) is 2.22. The maximum Gasteiger partial charge on any atom is 0.264 e. The van der Waals surface area contributed by atoms with Gasteiger partial charge in [0.15, 0.2) is 0 Å². The Balaban J connectivity index is 1.91. The van der Waals surface area contributed by atoms with E-state index in [0.29, 0.717) is 18.1 Å². The first-order chi connectivity index (χ1) is 7.44. The summed E-state index contributed by atoms with van der Waals surface area (Å²) < 4.78 is 26.5. The van der Waals surface area contributed by atoms with Crippen LogP contribution < -0.4 is 4.90 Å². The third-order valence-corrected chi connectivity index (χ3v) is 3.04. The van der Waals surface area contributed by atoms with Crippen molar-refractivity contribution in [1.29, 1.82) is 0 Å². The van der Waals surface area contributed by atoms with Crippen LogP contribution in [0.15, 0.2) is 18.3 Å². The molecule has 0 aliphatic carbocycles. The second-order valence-corrected chi connectivity index (χ2v) is 5.70. The maximum absolute atomic E-state index is 10.8. The highest BCUT2D eigenvalue weighted by Crippen LogP contribution is 2.22. The molecule has 0 aromatic carbocycles. The molecule has 1 aliphatic heterocycles. The molecule has 0 amide bonds. The number of aromatic nitrogens is 1. The molecular formula is C9H11ClN2O3S. The lowest BCUT2D eigenvalue weighted by atomic mass is 10.2. The minimum Gasteiger partial charge on any atom is -0.351 e. The van der Waals surface area contributed by atoms with Gasteiger partial charge < -0.3 is 4.90 Å². The lowest BCUT2D eigenvalue weighted by Crippen LogP contribution is -2.53. The Kier molecular flexibility index (Phi) is 3.05. The van der Waals surface area contributed by atoms with E-state index >= 15 is 0 Å². The Hall–Kier alpha value is -0.850. The van der Waals surface area contributed by atoms with Crippen LogP contribution in [-0.4, -0.2) is 38.9 Å².